The first-order valence-electron chi connectivity index (χ1n) is 8.86. The molecule has 0 unspecified atom stereocenters. The Morgan fingerprint density at radius 3 is 1.97 bits per heavy atom. The first-order valence-corrected chi connectivity index (χ1v) is 9.65. The fraction of sp³-hybridized carbons (Fsp3) is 0.190. The number of rotatable bonds is 6. The van der Waals surface area contributed by atoms with E-state index in [9.17, 15) is 9.59 Å². The van der Waals surface area contributed by atoms with Crippen LogP contribution in [0.1, 0.15) is 58.4 Å². The number of nitrogens with zero attached hydrogens (tertiary/aromatic N) is 3. The molecular formula is C21H18BrN3O4. The van der Waals surface area contributed by atoms with Crippen LogP contribution in [0, 0.1) is 0 Å². The minimum absolute atomic E-state index is 0.00628. The highest BCUT2D eigenvalue weighted by atomic mass is 79.9. The van der Waals surface area contributed by atoms with Crippen LogP contribution < -0.4 is 0 Å². The highest BCUT2D eigenvalue weighted by Crippen LogP contribution is 2.19. The van der Waals surface area contributed by atoms with Crippen LogP contribution in [0.3, 0.4) is 0 Å². The first kappa shape index (κ1) is 20.6. The monoisotopic (exact) mass is 455 g/mol. The molecule has 0 aliphatic rings. The van der Waals surface area contributed by atoms with Gasteiger partial charge in [0.2, 0.25) is 0 Å². The van der Waals surface area contributed by atoms with E-state index in [0.29, 0.717) is 16.0 Å². The number of carbonyl (C=O) groups is 2. The zero-order valence-electron chi connectivity index (χ0n) is 15.8. The number of hydrogen-bond donors (Lipinski definition) is 0. The molecule has 0 amide bonds. The number of pyridine rings is 3. The fourth-order valence-corrected chi connectivity index (χ4v) is 2.85. The van der Waals surface area contributed by atoms with Crippen molar-refractivity contribution in [2.24, 2.45) is 0 Å². The zero-order chi connectivity index (χ0) is 20.8. The Morgan fingerprint density at radius 2 is 1.38 bits per heavy atom. The van der Waals surface area contributed by atoms with Crippen LogP contribution in [0.4, 0.5) is 0 Å². The van der Waals surface area contributed by atoms with Gasteiger partial charge in [-0.25, -0.2) is 19.6 Å². The van der Waals surface area contributed by atoms with Gasteiger partial charge in [0, 0.05) is 6.20 Å². The van der Waals surface area contributed by atoms with Crippen molar-refractivity contribution in [2.75, 3.05) is 0 Å². The number of hydrogen-bond acceptors (Lipinski definition) is 7. The molecule has 3 heterocycles. The Morgan fingerprint density at radius 1 is 0.793 bits per heavy atom. The lowest BCUT2D eigenvalue weighted by Crippen LogP contribution is -2.16. The lowest BCUT2D eigenvalue weighted by Gasteiger charge is -2.14. The van der Waals surface area contributed by atoms with E-state index in [2.05, 4.69) is 30.9 Å². The zero-order valence-corrected chi connectivity index (χ0v) is 17.4. The third-order valence-electron chi connectivity index (χ3n) is 3.99. The van der Waals surface area contributed by atoms with Gasteiger partial charge in [0.15, 0.2) is 0 Å². The van der Waals surface area contributed by atoms with Crippen LogP contribution in [0.25, 0.3) is 0 Å². The molecule has 0 aliphatic heterocycles. The molecule has 0 spiro atoms. The van der Waals surface area contributed by atoms with Crippen LogP contribution >= 0.6 is 15.9 Å². The van der Waals surface area contributed by atoms with E-state index in [1.165, 1.54) is 12.1 Å². The van der Waals surface area contributed by atoms with Gasteiger partial charge >= 0.3 is 11.9 Å². The average molecular weight is 456 g/mol. The van der Waals surface area contributed by atoms with Gasteiger partial charge in [-0.15, -0.1) is 0 Å². The Bertz CT molecular complexity index is 1010. The molecule has 3 aromatic rings. The van der Waals surface area contributed by atoms with E-state index in [4.69, 9.17) is 9.47 Å². The van der Waals surface area contributed by atoms with Crippen molar-refractivity contribution < 1.29 is 19.1 Å². The fourth-order valence-electron chi connectivity index (χ4n) is 2.49. The molecule has 0 aromatic carbocycles. The van der Waals surface area contributed by atoms with Gasteiger partial charge in [-0.3, -0.25) is 4.98 Å². The minimum atomic E-state index is -0.660. The van der Waals surface area contributed by atoms with Gasteiger partial charge in [0.1, 0.15) is 28.2 Å². The maximum atomic E-state index is 12.4. The van der Waals surface area contributed by atoms with Gasteiger partial charge in [-0.05, 0) is 66.2 Å². The highest BCUT2D eigenvalue weighted by molar-refractivity contribution is 9.10. The van der Waals surface area contributed by atoms with Crippen molar-refractivity contribution in [3.8, 4) is 0 Å². The molecule has 0 aliphatic carbocycles. The molecular weight excluding hydrogens is 438 g/mol. The molecule has 0 saturated carbocycles. The molecule has 148 valence electrons. The van der Waals surface area contributed by atoms with Gasteiger partial charge in [-0.1, -0.05) is 18.2 Å². The molecule has 7 nitrogen and oxygen atoms in total. The molecule has 0 N–H and O–H groups in total. The Balaban J connectivity index is 1.68. The largest absolute Gasteiger partial charge is 0.451 e. The van der Waals surface area contributed by atoms with Gasteiger partial charge in [0.25, 0.3) is 0 Å². The SMILES string of the molecule is C[C@H](OC(=O)c1cccc(C(=O)O[C@H](C)c2ccccn2)n1)c1cccc(Br)n1. The summed E-state index contributed by atoms with van der Waals surface area (Å²) in [6.45, 7) is 3.42. The van der Waals surface area contributed by atoms with Gasteiger partial charge in [0.05, 0.1) is 11.4 Å². The standard InChI is InChI=1S/C21H18BrN3O4/c1-13(15-7-3-4-12-23-15)28-20(26)17-9-5-10-18(24-17)21(27)29-14(2)16-8-6-11-19(22)25-16/h3-14H,1-2H3/t13-,14+/m1/s1. The predicted octanol–water partition coefficient (Wildman–Crippen LogP) is 4.47. The van der Waals surface area contributed by atoms with Crippen molar-refractivity contribution in [2.45, 2.75) is 26.1 Å². The molecule has 29 heavy (non-hydrogen) atoms. The van der Waals surface area contributed by atoms with Crippen molar-refractivity contribution >= 4 is 27.9 Å². The summed E-state index contributed by atoms with van der Waals surface area (Å²) in [5.74, 6) is -1.31. The normalized spacial score (nSPS) is 12.7. The van der Waals surface area contributed by atoms with Crippen LogP contribution in [0.2, 0.25) is 0 Å². The average Bonchev–Trinajstić information content (AvgIpc) is 2.74. The summed E-state index contributed by atoms with van der Waals surface area (Å²) >= 11 is 3.28. The van der Waals surface area contributed by atoms with E-state index in [1.54, 1.807) is 56.4 Å². The molecule has 8 heteroatoms. The smallest absolute Gasteiger partial charge is 0.357 e. The topological polar surface area (TPSA) is 91.3 Å². The van der Waals surface area contributed by atoms with Crippen molar-refractivity contribution in [1.29, 1.82) is 0 Å². The van der Waals surface area contributed by atoms with E-state index in [0.717, 1.165) is 0 Å². The van der Waals surface area contributed by atoms with Crippen LogP contribution in [0.5, 0.6) is 0 Å². The predicted molar refractivity (Wildman–Crippen MR) is 108 cm³/mol. The van der Waals surface area contributed by atoms with Gasteiger partial charge < -0.3 is 9.47 Å². The second-order valence-electron chi connectivity index (χ2n) is 6.14. The number of aromatic nitrogens is 3. The number of halogens is 1. The molecule has 0 fully saturated rings. The minimum Gasteiger partial charge on any atom is -0.451 e. The Labute approximate surface area is 176 Å². The lowest BCUT2D eigenvalue weighted by atomic mass is 10.2. The lowest BCUT2D eigenvalue weighted by molar-refractivity contribution is 0.0313. The van der Waals surface area contributed by atoms with Crippen molar-refractivity contribution in [1.82, 2.24) is 15.0 Å². The molecule has 3 aromatic heterocycles. The third kappa shape index (κ3) is 5.45. The second kappa shape index (κ2) is 9.38. The number of ether oxygens (including phenoxy) is 2. The second-order valence-corrected chi connectivity index (χ2v) is 6.96. The van der Waals surface area contributed by atoms with Crippen LogP contribution in [-0.4, -0.2) is 26.9 Å². The Hall–Kier alpha value is -3.13. The quantitative estimate of drug-likeness (QED) is 0.399. The summed E-state index contributed by atoms with van der Waals surface area (Å²) in [5.41, 5.74) is 1.22. The Kier molecular flexibility index (Phi) is 6.66. The molecule has 3 rings (SSSR count). The highest BCUT2D eigenvalue weighted by Gasteiger charge is 2.20. The summed E-state index contributed by atoms with van der Waals surface area (Å²) in [6.07, 6.45) is 0.487. The summed E-state index contributed by atoms with van der Waals surface area (Å²) in [4.78, 5) is 37.4. The molecule has 0 radical (unpaired) electrons. The first-order chi connectivity index (χ1) is 13.9. The van der Waals surface area contributed by atoms with Crippen molar-refractivity contribution in [3.63, 3.8) is 0 Å². The van der Waals surface area contributed by atoms with E-state index >= 15 is 0 Å². The molecule has 0 saturated heterocycles. The number of esters is 2. The summed E-state index contributed by atoms with van der Waals surface area (Å²) in [7, 11) is 0. The molecule has 0 bridgehead atoms. The number of carbonyl (C=O) groups excluding carboxylic acids is 2. The summed E-state index contributed by atoms with van der Waals surface area (Å²) in [6, 6.07) is 15.2. The van der Waals surface area contributed by atoms with Crippen molar-refractivity contribution in [3.05, 3.63) is 88.2 Å². The maximum absolute atomic E-state index is 12.4. The van der Waals surface area contributed by atoms with Crippen LogP contribution in [0.15, 0.2) is 65.4 Å². The van der Waals surface area contributed by atoms with Crippen LogP contribution in [-0.2, 0) is 9.47 Å². The maximum Gasteiger partial charge on any atom is 0.357 e. The summed E-state index contributed by atoms with van der Waals surface area (Å²) in [5, 5.41) is 0. The van der Waals surface area contributed by atoms with E-state index in [1.807, 2.05) is 6.07 Å². The molecule has 2 atom stereocenters. The van der Waals surface area contributed by atoms with Gasteiger partial charge in [-0.2, -0.15) is 0 Å². The third-order valence-corrected chi connectivity index (χ3v) is 4.43. The van der Waals surface area contributed by atoms with E-state index in [-0.39, 0.29) is 11.4 Å². The summed E-state index contributed by atoms with van der Waals surface area (Å²) < 4.78 is 11.4. The van der Waals surface area contributed by atoms with E-state index < -0.39 is 24.1 Å².